The van der Waals surface area contributed by atoms with Gasteiger partial charge >= 0.3 is 17.9 Å². The molecular formula is C40H71N5O15. The van der Waals surface area contributed by atoms with Gasteiger partial charge in [-0.15, -0.1) is 0 Å². The summed E-state index contributed by atoms with van der Waals surface area (Å²) < 4.78 is 21.0. The second-order valence-corrected chi connectivity index (χ2v) is 14.3. The lowest BCUT2D eigenvalue weighted by Crippen LogP contribution is -2.43. The van der Waals surface area contributed by atoms with Crippen molar-refractivity contribution in [3.63, 3.8) is 0 Å². The summed E-state index contributed by atoms with van der Waals surface area (Å²) in [5.41, 5.74) is 5.00. The van der Waals surface area contributed by atoms with Crippen molar-refractivity contribution in [3.05, 3.63) is 0 Å². The van der Waals surface area contributed by atoms with Gasteiger partial charge in [0.25, 0.3) is 0 Å². The molecule has 2 atom stereocenters. The maximum Gasteiger partial charge on any atom is 0.326 e. The number of amides is 5. The quantitative estimate of drug-likeness (QED) is 0.0406. The normalized spacial score (nSPS) is 11.9. The number of ether oxygens (including phenoxy) is 4. The van der Waals surface area contributed by atoms with Crippen molar-refractivity contribution in [1.82, 2.24) is 21.3 Å². The van der Waals surface area contributed by atoms with E-state index in [-0.39, 0.29) is 116 Å². The number of hydrogen-bond donors (Lipinski definition) is 8. The Hall–Kier alpha value is -4.40. The molecule has 0 heterocycles. The highest BCUT2D eigenvalue weighted by Crippen LogP contribution is 2.14. The maximum absolute atomic E-state index is 12.3. The van der Waals surface area contributed by atoms with Gasteiger partial charge in [-0.1, -0.05) is 77.0 Å². The molecule has 20 heteroatoms. The third kappa shape index (κ3) is 37.8. The van der Waals surface area contributed by atoms with Crippen LogP contribution in [0, 0.1) is 0 Å². The molecule has 60 heavy (non-hydrogen) atoms. The Morgan fingerprint density at radius 1 is 0.417 bits per heavy atom. The van der Waals surface area contributed by atoms with Crippen LogP contribution >= 0.6 is 0 Å². The van der Waals surface area contributed by atoms with Crippen LogP contribution in [0.25, 0.3) is 0 Å². The molecule has 0 rings (SSSR count). The Morgan fingerprint density at radius 3 is 1.25 bits per heavy atom. The van der Waals surface area contributed by atoms with Crippen molar-refractivity contribution in [2.24, 2.45) is 5.73 Å². The van der Waals surface area contributed by atoms with E-state index >= 15 is 0 Å². The SMILES string of the molecule is NC(=O)CC[C@H](NC(=O)COCCOCCNC(=O)COCCOCCNC(=O)CC[C@H](NC(=O)CCCCCCCCCCCCCCCCC(=O)O)C(=O)O)C(=O)O. The zero-order valence-electron chi connectivity index (χ0n) is 35.2. The first-order chi connectivity index (χ1) is 28.8. The largest absolute Gasteiger partial charge is 0.481 e. The van der Waals surface area contributed by atoms with Crippen molar-refractivity contribution in [2.75, 3.05) is 65.9 Å². The zero-order valence-corrected chi connectivity index (χ0v) is 35.2. The summed E-state index contributed by atoms with van der Waals surface area (Å²) >= 11 is 0. The molecule has 0 aromatic rings. The third-order valence-corrected chi connectivity index (χ3v) is 9.00. The second kappa shape index (κ2) is 38.8. The van der Waals surface area contributed by atoms with Crippen LogP contribution in [0.2, 0.25) is 0 Å². The number of carbonyl (C=O) groups excluding carboxylic acids is 5. The Balaban J connectivity index is 3.72. The highest BCUT2D eigenvalue weighted by Gasteiger charge is 2.22. The Bertz CT molecular complexity index is 1240. The number of nitrogens with one attached hydrogen (secondary N) is 4. The lowest BCUT2D eigenvalue weighted by molar-refractivity contribution is -0.143. The first-order valence-corrected chi connectivity index (χ1v) is 21.2. The summed E-state index contributed by atoms with van der Waals surface area (Å²) in [6, 6.07) is -2.41. The first-order valence-electron chi connectivity index (χ1n) is 21.2. The molecule has 0 saturated heterocycles. The van der Waals surface area contributed by atoms with E-state index in [2.05, 4.69) is 21.3 Å². The van der Waals surface area contributed by atoms with E-state index in [0.29, 0.717) is 6.42 Å². The molecule has 0 fully saturated rings. The highest BCUT2D eigenvalue weighted by atomic mass is 16.5. The molecular weight excluding hydrogens is 790 g/mol. The van der Waals surface area contributed by atoms with Gasteiger partial charge in [-0.2, -0.15) is 0 Å². The lowest BCUT2D eigenvalue weighted by atomic mass is 10.0. The van der Waals surface area contributed by atoms with Crippen molar-refractivity contribution in [2.45, 2.75) is 141 Å². The number of carboxylic acids is 3. The van der Waals surface area contributed by atoms with Crippen LogP contribution in [0.15, 0.2) is 0 Å². The molecule has 5 amide bonds. The Morgan fingerprint density at radius 2 is 0.800 bits per heavy atom. The minimum Gasteiger partial charge on any atom is -0.481 e. The molecule has 0 saturated carbocycles. The molecule has 0 spiro atoms. The lowest BCUT2D eigenvalue weighted by Gasteiger charge is -2.14. The summed E-state index contributed by atoms with van der Waals surface area (Å²) in [7, 11) is 0. The summed E-state index contributed by atoms with van der Waals surface area (Å²) in [4.78, 5) is 92.3. The fourth-order valence-corrected chi connectivity index (χ4v) is 5.70. The maximum atomic E-state index is 12.3. The minimum atomic E-state index is -1.29. The molecule has 0 aliphatic carbocycles. The van der Waals surface area contributed by atoms with Gasteiger partial charge in [0.2, 0.25) is 29.5 Å². The number of aliphatic carboxylic acids is 3. The van der Waals surface area contributed by atoms with E-state index in [1.54, 1.807) is 0 Å². The summed E-state index contributed by atoms with van der Waals surface area (Å²) in [6.07, 6.45) is 15.0. The summed E-state index contributed by atoms with van der Waals surface area (Å²) in [6.45, 7) is 0.581. The molecule has 9 N–H and O–H groups in total. The minimum absolute atomic E-state index is 0.0440. The topological polar surface area (TPSA) is 308 Å². The predicted octanol–water partition coefficient (Wildman–Crippen LogP) is 1.80. The van der Waals surface area contributed by atoms with E-state index in [1.807, 2.05) is 0 Å². The van der Waals surface area contributed by atoms with Gasteiger partial charge in [0.05, 0.1) is 39.6 Å². The molecule has 0 aromatic carbocycles. The zero-order chi connectivity index (χ0) is 44.6. The molecule has 0 radical (unpaired) electrons. The van der Waals surface area contributed by atoms with Crippen molar-refractivity contribution in [1.29, 1.82) is 0 Å². The first kappa shape index (κ1) is 55.6. The fraction of sp³-hybridized carbons (Fsp3) is 0.800. The molecule has 0 aliphatic rings. The van der Waals surface area contributed by atoms with Crippen LogP contribution in [0.1, 0.15) is 128 Å². The molecule has 0 aliphatic heterocycles. The third-order valence-electron chi connectivity index (χ3n) is 9.00. The molecule has 0 aromatic heterocycles. The number of hydrogen-bond acceptors (Lipinski definition) is 12. The van der Waals surface area contributed by atoms with Crippen LogP contribution in [-0.2, 0) is 57.3 Å². The smallest absolute Gasteiger partial charge is 0.326 e. The van der Waals surface area contributed by atoms with Crippen LogP contribution in [-0.4, -0.2) is 141 Å². The van der Waals surface area contributed by atoms with Crippen molar-refractivity contribution >= 4 is 47.4 Å². The number of carbonyl (C=O) groups is 8. The number of unbranched alkanes of at least 4 members (excludes halogenated alkanes) is 13. The van der Waals surface area contributed by atoms with Crippen LogP contribution in [0.4, 0.5) is 0 Å². The number of carboxylic acid groups (broad SMARTS) is 3. The average molecular weight is 862 g/mol. The summed E-state index contributed by atoms with van der Waals surface area (Å²) in [5.74, 6) is -5.65. The van der Waals surface area contributed by atoms with Gasteiger partial charge < -0.3 is 61.3 Å². The van der Waals surface area contributed by atoms with Gasteiger partial charge in [0, 0.05) is 38.8 Å². The van der Waals surface area contributed by atoms with Crippen LogP contribution in [0.3, 0.4) is 0 Å². The van der Waals surface area contributed by atoms with Gasteiger partial charge in [0.1, 0.15) is 25.3 Å². The standard InChI is InChI=1S/C40H71N5O15/c41-33(46)19-17-31(39(53)54)45-37(50)30-60-28-26-58-24-22-43-36(49)29-59-27-25-57-23-21-42-34(47)20-18-32(40(55)56)44-35(48)15-13-11-9-7-5-3-1-2-4-6-8-10-12-14-16-38(51)52/h31-32H,1-30H2,(H2,41,46)(H,42,47)(H,43,49)(H,44,48)(H,45,50)(H,51,52)(H,53,54)(H,55,56)/t31-,32-/m0/s1. The van der Waals surface area contributed by atoms with E-state index in [0.717, 1.165) is 44.9 Å². The molecule has 0 bridgehead atoms. The molecule has 0 unspecified atom stereocenters. The second-order valence-electron chi connectivity index (χ2n) is 14.3. The predicted molar refractivity (Wildman–Crippen MR) is 218 cm³/mol. The molecule has 346 valence electrons. The number of nitrogens with two attached hydrogens (primary N) is 1. The van der Waals surface area contributed by atoms with Gasteiger partial charge in [-0.25, -0.2) is 9.59 Å². The van der Waals surface area contributed by atoms with Crippen molar-refractivity contribution in [3.8, 4) is 0 Å². The van der Waals surface area contributed by atoms with E-state index in [1.165, 1.54) is 38.5 Å². The Labute approximate surface area is 353 Å². The van der Waals surface area contributed by atoms with Crippen LogP contribution in [0.5, 0.6) is 0 Å². The van der Waals surface area contributed by atoms with E-state index in [9.17, 15) is 43.5 Å². The van der Waals surface area contributed by atoms with Gasteiger partial charge in [-0.05, 0) is 25.7 Å². The average Bonchev–Trinajstić information content (AvgIpc) is 3.19. The Kier molecular flexibility index (Phi) is 35.9. The highest BCUT2D eigenvalue weighted by molar-refractivity contribution is 5.85. The number of rotatable bonds is 43. The van der Waals surface area contributed by atoms with Gasteiger partial charge in [0.15, 0.2) is 0 Å². The monoisotopic (exact) mass is 861 g/mol. The van der Waals surface area contributed by atoms with Crippen LogP contribution < -0.4 is 27.0 Å². The fourth-order valence-electron chi connectivity index (χ4n) is 5.70. The van der Waals surface area contributed by atoms with E-state index < -0.39 is 48.4 Å². The van der Waals surface area contributed by atoms with Gasteiger partial charge in [-0.3, -0.25) is 28.8 Å². The molecule has 20 nitrogen and oxygen atoms in total. The summed E-state index contributed by atoms with van der Waals surface area (Å²) in [5, 5.41) is 37.2. The number of primary amides is 1. The van der Waals surface area contributed by atoms with Crippen molar-refractivity contribution < 1.29 is 72.6 Å². The van der Waals surface area contributed by atoms with E-state index in [4.69, 9.17) is 34.9 Å².